The van der Waals surface area contributed by atoms with Crippen molar-refractivity contribution in [3.8, 4) is 17.2 Å². The molecular weight excluding hydrogens is 318 g/mol. The first kappa shape index (κ1) is 14.4. The number of rotatable bonds is 3. The molecule has 2 aromatic carbocycles. The fourth-order valence-electron chi connectivity index (χ4n) is 2.32. The van der Waals surface area contributed by atoms with E-state index in [-0.39, 0.29) is 0 Å². The summed E-state index contributed by atoms with van der Waals surface area (Å²) in [5, 5.41) is 7.22. The molecule has 0 fully saturated rings. The third kappa shape index (κ3) is 2.73. The molecule has 122 valence electrons. The Bertz CT molecular complexity index is 898. The molecule has 8 heteroatoms. The van der Waals surface area contributed by atoms with Crippen LogP contribution in [0.5, 0.6) is 11.5 Å². The van der Waals surface area contributed by atoms with Gasteiger partial charge in [0.1, 0.15) is 19.5 Å². The molecule has 1 N–H and O–H groups in total. The van der Waals surface area contributed by atoms with Gasteiger partial charge < -0.3 is 14.8 Å². The lowest BCUT2D eigenvalue weighted by atomic mass is 10.2. The second-order valence-electron chi connectivity index (χ2n) is 5.09. The lowest BCUT2D eigenvalue weighted by Crippen LogP contribution is -2.15. The molecule has 24 heavy (non-hydrogen) atoms. The Labute approximate surface area is 135 Å². The average Bonchev–Trinajstić information content (AvgIpc) is 3.06. The molecule has 0 amide bonds. The van der Waals surface area contributed by atoms with Crippen LogP contribution in [0.15, 0.2) is 42.7 Å². The number of aromatic nitrogens is 3. The van der Waals surface area contributed by atoms with Crippen molar-refractivity contribution in [2.24, 2.45) is 0 Å². The molecule has 4 rings (SSSR count). The smallest absolute Gasteiger partial charge is 0.246 e. The number of nitrogens with one attached hydrogen (secondary N) is 1. The SMILES string of the molecule is Fc1ccc(-n2cnc(Nc3ccc4c(c3)OCCO4)n2)cc1F. The van der Waals surface area contributed by atoms with Gasteiger partial charge in [0.25, 0.3) is 0 Å². The van der Waals surface area contributed by atoms with Gasteiger partial charge in [-0.1, -0.05) is 0 Å². The number of halogens is 2. The highest BCUT2D eigenvalue weighted by molar-refractivity contribution is 5.60. The van der Waals surface area contributed by atoms with Gasteiger partial charge in [-0.3, -0.25) is 0 Å². The van der Waals surface area contributed by atoms with E-state index in [0.717, 1.165) is 17.8 Å². The third-order valence-corrected chi connectivity index (χ3v) is 3.46. The molecular formula is C16H12F2N4O2. The highest BCUT2D eigenvalue weighted by Gasteiger charge is 2.13. The average molecular weight is 330 g/mol. The van der Waals surface area contributed by atoms with Crippen molar-refractivity contribution < 1.29 is 18.3 Å². The molecule has 0 radical (unpaired) electrons. The first-order valence-corrected chi connectivity index (χ1v) is 7.23. The molecule has 1 aliphatic rings. The van der Waals surface area contributed by atoms with E-state index < -0.39 is 11.6 Å². The third-order valence-electron chi connectivity index (χ3n) is 3.46. The molecule has 0 aliphatic carbocycles. The second-order valence-corrected chi connectivity index (χ2v) is 5.09. The summed E-state index contributed by atoms with van der Waals surface area (Å²) in [6, 6.07) is 8.90. The quantitative estimate of drug-likeness (QED) is 0.800. The number of hydrogen-bond donors (Lipinski definition) is 1. The minimum Gasteiger partial charge on any atom is -0.486 e. The molecule has 0 atom stereocenters. The second kappa shape index (κ2) is 5.80. The van der Waals surface area contributed by atoms with E-state index in [1.165, 1.54) is 17.1 Å². The molecule has 0 saturated heterocycles. The number of fused-ring (bicyclic) bond motifs is 1. The van der Waals surface area contributed by atoms with Crippen LogP contribution in [0.4, 0.5) is 20.4 Å². The van der Waals surface area contributed by atoms with Crippen LogP contribution in [-0.2, 0) is 0 Å². The van der Waals surface area contributed by atoms with Crippen LogP contribution < -0.4 is 14.8 Å². The zero-order valence-corrected chi connectivity index (χ0v) is 12.4. The van der Waals surface area contributed by atoms with Gasteiger partial charge in [0.15, 0.2) is 23.1 Å². The number of ether oxygens (including phenoxy) is 2. The van der Waals surface area contributed by atoms with Gasteiger partial charge in [0, 0.05) is 17.8 Å². The van der Waals surface area contributed by atoms with E-state index in [1.54, 1.807) is 12.1 Å². The molecule has 1 aliphatic heterocycles. The Morgan fingerprint density at radius 1 is 0.958 bits per heavy atom. The first-order valence-electron chi connectivity index (χ1n) is 7.23. The van der Waals surface area contributed by atoms with Gasteiger partial charge in [0.2, 0.25) is 5.95 Å². The summed E-state index contributed by atoms with van der Waals surface area (Å²) < 4.78 is 38.6. The molecule has 2 heterocycles. The first-order chi connectivity index (χ1) is 11.7. The van der Waals surface area contributed by atoms with Crippen LogP contribution in [0, 0.1) is 11.6 Å². The summed E-state index contributed by atoms with van der Waals surface area (Å²) in [7, 11) is 0. The Morgan fingerprint density at radius 3 is 2.62 bits per heavy atom. The largest absolute Gasteiger partial charge is 0.486 e. The predicted molar refractivity (Wildman–Crippen MR) is 82.0 cm³/mol. The maximum atomic E-state index is 13.3. The van der Waals surface area contributed by atoms with Gasteiger partial charge in [-0.05, 0) is 24.3 Å². The van der Waals surface area contributed by atoms with Crippen molar-refractivity contribution in [3.05, 3.63) is 54.4 Å². The molecule has 0 bridgehead atoms. The van der Waals surface area contributed by atoms with E-state index in [4.69, 9.17) is 9.47 Å². The Balaban J connectivity index is 1.56. The zero-order valence-electron chi connectivity index (χ0n) is 12.4. The van der Waals surface area contributed by atoms with E-state index in [2.05, 4.69) is 15.4 Å². The molecule has 6 nitrogen and oxygen atoms in total. The fourth-order valence-corrected chi connectivity index (χ4v) is 2.32. The summed E-state index contributed by atoms with van der Waals surface area (Å²) in [5.74, 6) is -0.201. The van der Waals surface area contributed by atoms with Crippen LogP contribution in [0.1, 0.15) is 0 Å². The molecule has 1 aromatic heterocycles. The van der Waals surface area contributed by atoms with Gasteiger partial charge >= 0.3 is 0 Å². The zero-order chi connectivity index (χ0) is 16.5. The highest BCUT2D eigenvalue weighted by Crippen LogP contribution is 2.33. The number of benzene rings is 2. The van der Waals surface area contributed by atoms with Gasteiger partial charge in [-0.2, -0.15) is 4.98 Å². The summed E-state index contributed by atoms with van der Waals surface area (Å²) in [4.78, 5) is 4.10. The monoisotopic (exact) mass is 330 g/mol. The van der Waals surface area contributed by atoms with Crippen molar-refractivity contribution >= 4 is 11.6 Å². The Hall–Kier alpha value is -3.16. The van der Waals surface area contributed by atoms with Crippen molar-refractivity contribution in [3.63, 3.8) is 0 Å². The molecule has 0 spiro atoms. The van der Waals surface area contributed by atoms with E-state index >= 15 is 0 Å². The number of anilines is 2. The van der Waals surface area contributed by atoms with Crippen LogP contribution in [-0.4, -0.2) is 28.0 Å². The van der Waals surface area contributed by atoms with Crippen molar-refractivity contribution in [1.29, 1.82) is 0 Å². The van der Waals surface area contributed by atoms with Gasteiger partial charge in [0.05, 0.1) is 5.69 Å². The van der Waals surface area contributed by atoms with Crippen molar-refractivity contribution in [1.82, 2.24) is 14.8 Å². The topological polar surface area (TPSA) is 61.2 Å². The van der Waals surface area contributed by atoms with Gasteiger partial charge in [-0.15, -0.1) is 5.10 Å². The summed E-state index contributed by atoms with van der Waals surface area (Å²) >= 11 is 0. The van der Waals surface area contributed by atoms with Crippen molar-refractivity contribution in [2.45, 2.75) is 0 Å². The Kier molecular flexibility index (Phi) is 3.49. The minimum absolute atomic E-state index is 0.316. The standard InChI is InChI=1S/C16H12F2N4O2/c17-12-3-2-11(8-13(12)18)22-9-19-16(21-22)20-10-1-4-14-15(7-10)24-6-5-23-14/h1-4,7-9H,5-6H2,(H,20,21). The van der Waals surface area contributed by atoms with E-state index in [1.807, 2.05) is 6.07 Å². The van der Waals surface area contributed by atoms with E-state index in [9.17, 15) is 8.78 Å². The van der Waals surface area contributed by atoms with Crippen molar-refractivity contribution in [2.75, 3.05) is 18.5 Å². The fraction of sp³-hybridized carbons (Fsp3) is 0.125. The lowest BCUT2D eigenvalue weighted by molar-refractivity contribution is 0.171. The van der Waals surface area contributed by atoms with Gasteiger partial charge in [-0.25, -0.2) is 13.5 Å². The molecule has 0 unspecified atom stereocenters. The normalized spacial score (nSPS) is 12.9. The van der Waals surface area contributed by atoms with Crippen LogP contribution in [0.3, 0.4) is 0 Å². The number of nitrogens with zero attached hydrogens (tertiary/aromatic N) is 3. The Morgan fingerprint density at radius 2 is 1.79 bits per heavy atom. The van der Waals surface area contributed by atoms with Crippen LogP contribution in [0.2, 0.25) is 0 Å². The van der Waals surface area contributed by atoms with Crippen LogP contribution >= 0.6 is 0 Å². The predicted octanol–water partition coefficient (Wildman–Crippen LogP) is 3.06. The maximum Gasteiger partial charge on any atom is 0.246 e. The highest BCUT2D eigenvalue weighted by atomic mass is 19.2. The van der Waals surface area contributed by atoms with E-state index in [0.29, 0.717) is 36.3 Å². The summed E-state index contributed by atoms with van der Waals surface area (Å²) in [6.07, 6.45) is 1.41. The lowest BCUT2D eigenvalue weighted by Gasteiger charge is -2.18. The summed E-state index contributed by atoms with van der Waals surface area (Å²) in [5.41, 5.74) is 1.10. The maximum absolute atomic E-state index is 13.3. The molecule has 3 aromatic rings. The van der Waals surface area contributed by atoms with Crippen LogP contribution in [0.25, 0.3) is 5.69 Å². The minimum atomic E-state index is -0.940. The summed E-state index contributed by atoms with van der Waals surface area (Å²) in [6.45, 7) is 1.03. The molecule has 0 saturated carbocycles. The number of hydrogen-bond acceptors (Lipinski definition) is 5.